The van der Waals surface area contributed by atoms with Gasteiger partial charge in [0.15, 0.2) is 18.1 Å². The second kappa shape index (κ2) is 8.05. The molecule has 1 aromatic heterocycles. The molecule has 0 N–H and O–H groups in total. The standard InChI is InChI=1S/C21H18ClNO6/c1-23(11-13-2-4-17-18(8-13)27-7-6-26-17)20(24)12-28-21(25)19-10-14-9-15(22)3-5-16(14)29-19/h2-5,8-10H,6-7,11-12H2,1H3. The highest BCUT2D eigenvalue weighted by molar-refractivity contribution is 6.31. The van der Waals surface area contributed by atoms with Crippen molar-refractivity contribution in [3.63, 3.8) is 0 Å². The molecule has 2 aromatic carbocycles. The van der Waals surface area contributed by atoms with Crippen LogP contribution in [0, 0.1) is 0 Å². The van der Waals surface area contributed by atoms with Crippen molar-refractivity contribution in [3.8, 4) is 11.5 Å². The third kappa shape index (κ3) is 4.30. The molecule has 0 spiro atoms. The molecule has 0 aliphatic carbocycles. The summed E-state index contributed by atoms with van der Waals surface area (Å²) in [6.45, 7) is 0.970. The van der Waals surface area contributed by atoms with Gasteiger partial charge in [0.2, 0.25) is 5.76 Å². The number of rotatable bonds is 5. The predicted molar refractivity (Wildman–Crippen MR) is 105 cm³/mol. The third-order valence-corrected chi connectivity index (χ3v) is 4.69. The normalized spacial score (nSPS) is 12.6. The van der Waals surface area contributed by atoms with Crippen LogP contribution in [-0.4, -0.2) is 43.6 Å². The van der Waals surface area contributed by atoms with E-state index in [1.807, 2.05) is 18.2 Å². The van der Waals surface area contributed by atoms with Crippen LogP contribution in [-0.2, 0) is 16.1 Å². The van der Waals surface area contributed by atoms with Crippen molar-refractivity contribution in [1.29, 1.82) is 0 Å². The van der Waals surface area contributed by atoms with E-state index in [2.05, 4.69) is 0 Å². The van der Waals surface area contributed by atoms with Crippen LogP contribution in [0.4, 0.5) is 0 Å². The Hall–Kier alpha value is -3.19. The zero-order chi connectivity index (χ0) is 20.4. The van der Waals surface area contributed by atoms with E-state index < -0.39 is 12.6 Å². The van der Waals surface area contributed by atoms with Gasteiger partial charge in [-0.1, -0.05) is 17.7 Å². The van der Waals surface area contributed by atoms with Crippen LogP contribution in [0.5, 0.6) is 11.5 Å². The van der Waals surface area contributed by atoms with Crippen LogP contribution in [0.3, 0.4) is 0 Å². The monoisotopic (exact) mass is 415 g/mol. The molecule has 0 saturated carbocycles. The molecule has 1 amide bonds. The number of fused-ring (bicyclic) bond motifs is 2. The number of carbonyl (C=O) groups is 2. The second-order valence-electron chi connectivity index (χ2n) is 6.60. The summed E-state index contributed by atoms with van der Waals surface area (Å²) in [6.07, 6.45) is 0. The van der Waals surface area contributed by atoms with Gasteiger partial charge in [0.1, 0.15) is 18.8 Å². The van der Waals surface area contributed by atoms with Crippen molar-refractivity contribution >= 4 is 34.4 Å². The van der Waals surface area contributed by atoms with E-state index in [4.69, 9.17) is 30.2 Å². The van der Waals surface area contributed by atoms with Crippen LogP contribution in [0.2, 0.25) is 5.02 Å². The van der Waals surface area contributed by atoms with E-state index in [-0.39, 0.29) is 11.7 Å². The van der Waals surface area contributed by atoms with E-state index in [0.29, 0.717) is 47.2 Å². The van der Waals surface area contributed by atoms with Crippen molar-refractivity contribution in [2.75, 3.05) is 26.9 Å². The molecule has 4 rings (SSSR count). The zero-order valence-electron chi connectivity index (χ0n) is 15.6. The fraction of sp³-hybridized carbons (Fsp3) is 0.238. The molecule has 0 radical (unpaired) electrons. The number of furan rings is 1. The third-order valence-electron chi connectivity index (χ3n) is 4.46. The fourth-order valence-corrected chi connectivity index (χ4v) is 3.15. The Kier molecular flexibility index (Phi) is 5.31. The number of ether oxygens (including phenoxy) is 3. The van der Waals surface area contributed by atoms with E-state index in [1.54, 1.807) is 25.2 Å². The Balaban J connectivity index is 1.34. The molecule has 0 saturated heterocycles. The minimum atomic E-state index is -0.710. The highest BCUT2D eigenvalue weighted by atomic mass is 35.5. The Labute approximate surface area is 171 Å². The predicted octanol–water partition coefficient (Wildman–Crippen LogP) is 3.67. The van der Waals surface area contributed by atoms with Gasteiger partial charge in [-0.2, -0.15) is 0 Å². The Morgan fingerprint density at radius 2 is 1.86 bits per heavy atom. The molecule has 1 aliphatic heterocycles. The van der Waals surface area contributed by atoms with Crippen LogP contribution < -0.4 is 9.47 Å². The van der Waals surface area contributed by atoms with Gasteiger partial charge in [0.25, 0.3) is 5.91 Å². The van der Waals surface area contributed by atoms with Crippen molar-refractivity contribution < 1.29 is 28.2 Å². The van der Waals surface area contributed by atoms with E-state index in [1.165, 1.54) is 11.0 Å². The first-order valence-electron chi connectivity index (χ1n) is 8.98. The SMILES string of the molecule is CN(Cc1ccc2c(c1)OCCO2)C(=O)COC(=O)c1cc2cc(Cl)ccc2o1. The Bertz CT molecular complexity index is 1080. The van der Waals surface area contributed by atoms with Crippen LogP contribution in [0.25, 0.3) is 11.0 Å². The van der Waals surface area contributed by atoms with Crippen molar-refractivity contribution in [2.24, 2.45) is 0 Å². The molecule has 7 nitrogen and oxygen atoms in total. The maximum Gasteiger partial charge on any atom is 0.374 e. The number of benzene rings is 2. The molecule has 150 valence electrons. The van der Waals surface area contributed by atoms with Gasteiger partial charge < -0.3 is 23.5 Å². The molecule has 0 fully saturated rings. The summed E-state index contributed by atoms with van der Waals surface area (Å²) < 4.78 is 21.6. The molecule has 2 heterocycles. The highest BCUT2D eigenvalue weighted by Crippen LogP contribution is 2.31. The lowest BCUT2D eigenvalue weighted by atomic mass is 10.2. The van der Waals surface area contributed by atoms with Crippen LogP contribution in [0.1, 0.15) is 16.1 Å². The molecular formula is C21H18ClNO6. The van der Waals surface area contributed by atoms with Gasteiger partial charge in [0, 0.05) is 24.0 Å². The van der Waals surface area contributed by atoms with E-state index in [9.17, 15) is 9.59 Å². The number of halogens is 1. The first-order chi connectivity index (χ1) is 14.0. The number of carbonyl (C=O) groups excluding carboxylic acids is 2. The summed E-state index contributed by atoms with van der Waals surface area (Å²) in [4.78, 5) is 26.0. The molecule has 0 atom stereocenters. The van der Waals surface area contributed by atoms with Gasteiger partial charge in [-0.3, -0.25) is 4.79 Å². The van der Waals surface area contributed by atoms with Crippen LogP contribution in [0.15, 0.2) is 46.9 Å². The molecule has 0 bridgehead atoms. The second-order valence-corrected chi connectivity index (χ2v) is 7.03. The van der Waals surface area contributed by atoms with Crippen LogP contribution >= 0.6 is 11.6 Å². The lowest BCUT2D eigenvalue weighted by Crippen LogP contribution is -2.30. The number of nitrogens with zero attached hydrogens (tertiary/aromatic N) is 1. The summed E-state index contributed by atoms with van der Waals surface area (Å²) in [5.41, 5.74) is 1.40. The molecular weight excluding hydrogens is 398 g/mol. The number of hydrogen-bond acceptors (Lipinski definition) is 6. The van der Waals surface area contributed by atoms with Gasteiger partial charge in [0.05, 0.1) is 0 Å². The summed E-state index contributed by atoms with van der Waals surface area (Å²) in [7, 11) is 1.64. The number of esters is 1. The molecule has 3 aromatic rings. The average Bonchev–Trinajstić information content (AvgIpc) is 3.15. The minimum absolute atomic E-state index is 0.0181. The zero-order valence-corrected chi connectivity index (χ0v) is 16.4. The summed E-state index contributed by atoms with van der Waals surface area (Å²) in [6, 6.07) is 12.1. The quantitative estimate of drug-likeness (QED) is 0.591. The smallest absolute Gasteiger partial charge is 0.374 e. The van der Waals surface area contributed by atoms with E-state index >= 15 is 0 Å². The summed E-state index contributed by atoms with van der Waals surface area (Å²) >= 11 is 5.93. The molecule has 8 heteroatoms. The first-order valence-corrected chi connectivity index (χ1v) is 9.36. The molecule has 29 heavy (non-hydrogen) atoms. The van der Waals surface area contributed by atoms with Gasteiger partial charge in [-0.25, -0.2) is 4.79 Å². The first kappa shape index (κ1) is 19.1. The Morgan fingerprint density at radius 3 is 2.69 bits per heavy atom. The lowest BCUT2D eigenvalue weighted by Gasteiger charge is -2.21. The fourth-order valence-electron chi connectivity index (χ4n) is 2.97. The maximum absolute atomic E-state index is 12.3. The summed E-state index contributed by atoms with van der Waals surface area (Å²) in [5, 5.41) is 1.22. The largest absolute Gasteiger partial charge is 0.486 e. The van der Waals surface area contributed by atoms with Crippen molar-refractivity contribution in [3.05, 3.63) is 58.8 Å². The van der Waals surface area contributed by atoms with E-state index in [0.717, 1.165) is 5.56 Å². The number of amides is 1. The topological polar surface area (TPSA) is 78.2 Å². The minimum Gasteiger partial charge on any atom is -0.486 e. The summed E-state index contributed by atoms with van der Waals surface area (Å²) in [5.74, 6) is 0.316. The number of hydrogen-bond donors (Lipinski definition) is 0. The lowest BCUT2D eigenvalue weighted by molar-refractivity contribution is -0.133. The maximum atomic E-state index is 12.3. The highest BCUT2D eigenvalue weighted by Gasteiger charge is 2.18. The van der Waals surface area contributed by atoms with Gasteiger partial charge in [-0.05, 0) is 42.0 Å². The van der Waals surface area contributed by atoms with Crippen molar-refractivity contribution in [1.82, 2.24) is 4.90 Å². The molecule has 1 aliphatic rings. The molecule has 0 unspecified atom stereocenters. The average molecular weight is 416 g/mol. The van der Waals surface area contributed by atoms with Gasteiger partial charge >= 0.3 is 5.97 Å². The van der Waals surface area contributed by atoms with Gasteiger partial charge in [-0.15, -0.1) is 0 Å². The Morgan fingerprint density at radius 1 is 1.07 bits per heavy atom. The van der Waals surface area contributed by atoms with Crippen molar-refractivity contribution in [2.45, 2.75) is 6.54 Å². The number of likely N-dealkylation sites (N-methyl/N-ethyl adjacent to an activating group) is 1.